The van der Waals surface area contributed by atoms with Crippen molar-refractivity contribution in [1.82, 2.24) is 0 Å². The first-order valence-corrected chi connectivity index (χ1v) is 19.6. The van der Waals surface area contributed by atoms with Gasteiger partial charge in [-0.25, -0.2) is 0 Å². The van der Waals surface area contributed by atoms with Gasteiger partial charge in [-0.3, -0.25) is 0 Å². The van der Waals surface area contributed by atoms with E-state index in [0.717, 1.165) is 12.8 Å². The molecule has 0 bridgehead atoms. The summed E-state index contributed by atoms with van der Waals surface area (Å²) in [5.74, 6) is 0. The molecule has 2 unspecified atom stereocenters. The topological polar surface area (TPSA) is 0 Å². The number of aryl methyl sites for hydroxylation is 2. The molecule has 0 aromatic heterocycles. The van der Waals surface area contributed by atoms with E-state index in [1.54, 1.807) is 11.1 Å². The molecule has 5 aromatic rings. The molecule has 0 saturated heterocycles. The lowest BCUT2D eigenvalue weighted by Crippen LogP contribution is -2.26. The second-order valence-corrected chi connectivity index (χ2v) is 17.2. The Hall–Kier alpha value is -3.82. The minimum Gasteiger partial charge on any atom is -0.0931 e. The van der Waals surface area contributed by atoms with Crippen molar-refractivity contribution in [3.63, 3.8) is 0 Å². The molecule has 4 aliphatic rings. The van der Waals surface area contributed by atoms with Gasteiger partial charge in [0.1, 0.15) is 0 Å². The molecule has 0 radical (unpaired) electrons. The van der Waals surface area contributed by atoms with Gasteiger partial charge in [0.05, 0.1) is 0 Å². The maximum atomic E-state index is 2.63. The van der Waals surface area contributed by atoms with Gasteiger partial charge in [-0.05, 0) is 124 Å². The van der Waals surface area contributed by atoms with Crippen molar-refractivity contribution in [3.05, 3.63) is 168 Å². The molecule has 0 saturated carbocycles. The number of allylic oxidation sites excluding steroid dienone is 3. The summed E-state index contributed by atoms with van der Waals surface area (Å²) in [6, 6.07) is 39.5. The monoisotopic (exact) mass is 720 g/mol. The molecule has 1 heterocycles. The average molecular weight is 721 g/mol. The highest BCUT2D eigenvalue weighted by molar-refractivity contribution is 14.2. The fourth-order valence-corrected chi connectivity index (χ4v) is 12.3. The molecule has 47 heavy (non-hydrogen) atoms. The molecule has 0 fully saturated rings. The van der Waals surface area contributed by atoms with Gasteiger partial charge in [0.15, 0.2) is 0 Å². The molecule has 9 rings (SSSR count). The SMILES string of the molecule is Cc1ccc2c(c1CC1(C)c3ccccc3-c3c(C)cccc31)-c1ccccc1C2(C)CC1=C2C(=CI=C1)C(C)(C)c1ccccc12. The van der Waals surface area contributed by atoms with Crippen LogP contribution in [0.5, 0.6) is 0 Å². The minimum atomic E-state index is -0.130. The molecule has 1 heteroatoms. The van der Waals surface area contributed by atoms with Crippen LogP contribution in [0.2, 0.25) is 0 Å². The number of hydrogen-bond donors (Lipinski definition) is 0. The van der Waals surface area contributed by atoms with Crippen LogP contribution < -0.4 is 0 Å². The standard InChI is InChI=1S/C46H41I/c1-28-22-23-39-43(34(28)25-46(6)36-19-11-8-16-32(36)41-29(2)14-13-21-38(41)46)33-17-9-12-20-37(33)45(39,5)24-30-26-47-27-40-42(30)31-15-7-10-18-35(31)44(40,3)4/h7-23,26-27H,24-25H2,1-6H3. The summed E-state index contributed by atoms with van der Waals surface area (Å²) in [7, 11) is 0. The Morgan fingerprint density at radius 3 is 1.81 bits per heavy atom. The van der Waals surface area contributed by atoms with Gasteiger partial charge in [-0.1, -0.05) is 152 Å². The quantitative estimate of drug-likeness (QED) is 0.162. The van der Waals surface area contributed by atoms with Crippen LogP contribution in [-0.2, 0) is 22.7 Å². The second-order valence-electron chi connectivity index (χ2n) is 15.2. The van der Waals surface area contributed by atoms with E-state index in [-0.39, 0.29) is 37.0 Å². The molecule has 0 N–H and O–H groups in total. The Labute approximate surface area is 290 Å². The van der Waals surface area contributed by atoms with Gasteiger partial charge in [-0.2, -0.15) is 0 Å². The first-order chi connectivity index (χ1) is 22.6. The van der Waals surface area contributed by atoms with Crippen LogP contribution in [0.1, 0.15) is 84.2 Å². The molecular formula is C46H41I. The van der Waals surface area contributed by atoms with Crippen molar-refractivity contribution < 1.29 is 0 Å². The highest BCUT2D eigenvalue weighted by atomic mass is 127. The molecule has 232 valence electrons. The first-order valence-electron chi connectivity index (χ1n) is 17.1. The summed E-state index contributed by atoms with van der Waals surface area (Å²) in [6.07, 6.45) is 2.01. The Kier molecular flexibility index (Phi) is 6.30. The maximum Gasteiger partial charge on any atom is 0.0227 e. The molecule has 2 atom stereocenters. The predicted octanol–water partition coefficient (Wildman–Crippen LogP) is 11.9. The summed E-state index contributed by atoms with van der Waals surface area (Å²) in [6.45, 7) is 14.5. The summed E-state index contributed by atoms with van der Waals surface area (Å²) >= 11 is -0.130. The third kappa shape index (κ3) is 3.90. The molecule has 0 nitrogen and oxygen atoms in total. The summed E-state index contributed by atoms with van der Waals surface area (Å²) < 4.78 is 5.23. The summed E-state index contributed by atoms with van der Waals surface area (Å²) in [5, 5.41) is 0. The molecule has 3 aliphatic carbocycles. The third-order valence-electron chi connectivity index (χ3n) is 12.2. The molecule has 1 aliphatic heterocycles. The Balaban J connectivity index is 1.23. The zero-order valence-corrected chi connectivity index (χ0v) is 30.4. The van der Waals surface area contributed by atoms with Crippen molar-refractivity contribution in [2.75, 3.05) is 0 Å². The zero-order valence-electron chi connectivity index (χ0n) is 28.3. The smallest absolute Gasteiger partial charge is 0.0227 e. The van der Waals surface area contributed by atoms with Gasteiger partial charge < -0.3 is 0 Å². The van der Waals surface area contributed by atoms with Crippen LogP contribution in [-0.4, -0.2) is 4.01 Å². The van der Waals surface area contributed by atoms with Gasteiger partial charge in [0, 0.05) is 16.2 Å². The third-order valence-corrected chi connectivity index (χ3v) is 14.3. The van der Waals surface area contributed by atoms with Crippen molar-refractivity contribution in [2.45, 2.75) is 70.6 Å². The van der Waals surface area contributed by atoms with Gasteiger partial charge in [0.2, 0.25) is 0 Å². The second kappa shape index (κ2) is 10.1. The van der Waals surface area contributed by atoms with Crippen LogP contribution in [0.25, 0.3) is 27.8 Å². The normalized spacial score (nSPS) is 22.5. The molecular weight excluding hydrogens is 679 g/mol. The molecule has 5 aromatic carbocycles. The predicted molar refractivity (Wildman–Crippen MR) is 209 cm³/mol. The van der Waals surface area contributed by atoms with Gasteiger partial charge in [0.25, 0.3) is 0 Å². The fraction of sp³-hybridized carbons (Fsp3) is 0.239. The molecule has 0 spiro atoms. The Morgan fingerprint density at radius 1 is 0.511 bits per heavy atom. The van der Waals surface area contributed by atoms with Crippen molar-refractivity contribution in [3.8, 4) is 22.3 Å². The number of hydrogen-bond acceptors (Lipinski definition) is 0. The van der Waals surface area contributed by atoms with E-state index in [2.05, 4.69) is 153 Å². The van der Waals surface area contributed by atoms with Crippen LogP contribution in [0.4, 0.5) is 0 Å². The van der Waals surface area contributed by atoms with E-state index in [1.807, 2.05) is 0 Å². The van der Waals surface area contributed by atoms with E-state index in [4.69, 9.17) is 0 Å². The van der Waals surface area contributed by atoms with E-state index >= 15 is 0 Å². The Morgan fingerprint density at radius 2 is 1.09 bits per heavy atom. The largest absolute Gasteiger partial charge is 0.0931 e. The van der Waals surface area contributed by atoms with Crippen LogP contribution in [0.15, 0.2) is 118 Å². The van der Waals surface area contributed by atoms with E-state index in [0.29, 0.717) is 0 Å². The lowest BCUT2D eigenvalue weighted by molar-refractivity contribution is 0.576. The lowest BCUT2D eigenvalue weighted by atomic mass is 9.71. The van der Waals surface area contributed by atoms with Crippen molar-refractivity contribution in [1.29, 1.82) is 0 Å². The van der Waals surface area contributed by atoms with Gasteiger partial charge >= 0.3 is 0 Å². The summed E-state index contributed by atoms with van der Waals surface area (Å²) in [5.41, 5.74) is 23.4. The minimum absolute atomic E-state index is 0.0590. The molecule has 0 amide bonds. The Bertz CT molecular complexity index is 2270. The van der Waals surface area contributed by atoms with Gasteiger partial charge in [-0.15, -0.1) is 0 Å². The summed E-state index contributed by atoms with van der Waals surface area (Å²) in [4.78, 5) is 0. The number of fused-ring (bicyclic) bond motifs is 9. The van der Waals surface area contributed by atoms with Crippen LogP contribution >= 0.6 is 20.7 Å². The lowest BCUT2D eigenvalue weighted by Gasteiger charge is -2.32. The van der Waals surface area contributed by atoms with Crippen LogP contribution in [0, 0.1) is 13.8 Å². The van der Waals surface area contributed by atoms with E-state index < -0.39 is 0 Å². The zero-order chi connectivity index (χ0) is 32.3. The van der Waals surface area contributed by atoms with Crippen molar-refractivity contribution in [2.24, 2.45) is 0 Å². The van der Waals surface area contributed by atoms with Crippen molar-refractivity contribution >= 4 is 30.3 Å². The average Bonchev–Trinajstić information content (AvgIpc) is 3.59. The highest BCUT2D eigenvalue weighted by Gasteiger charge is 2.46. The first kappa shape index (κ1) is 29.3. The maximum absolute atomic E-state index is 2.63. The fourth-order valence-electron chi connectivity index (χ4n) is 9.74. The van der Waals surface area contributed by atoms with E-state index in [1.165, 1.54) is 77.9 Å². The number of rotatable bonds is 4. The highest BCUT2D eigenvalue weighted by Crippen LogP contribution is 2.59. The van der Waals surface area contributed by atoms with Crippen LogP contribution in [0.3, 0.4) is 0 Å². The number of benzene rings is 5. The number of halogens is 1. The van der Waals surface area contributed by atoms with E-state index in [9.17, 15) is 0 Å².